The maximum absolute atomic E-state index is 12.5. The molecule has 0 radical (unpaired) electrons. The summed E-state index contributed by atoms with van der Waals surface area (Å²) in [5.74, 6) is -0.102. The fourth-order valence-corrected chi connectivity index (χ4v) is 2.77. The molecule has 2 heterocycles. The zero-order valence-electron chi connectivity index (χ0n) is 12.3. The predicted octanol–water partition coefficient (Wildman–Crippen LogP) is 1.47. The summed E-state index contributed by atoms with van der Waals surface area (Å²) in [5.41, 5.74) is 2.31. The zero-order chi connectivity index (χ0) is 15.7. The van der Waals surface area contributed by atoms with E-state index in [2.05, 4.69) is 9.97 Å². The number of benzene rings is 1. The summed E-state index contributed by atoms with van der Waals surface area (Å²) in [4.78, 5) is 35.0. The Labute approximate surface area is 133 Å². The van der Waals surface area contributed by atoms with Crippen molar-refractivity contribution < 1.29 is 9.59 Å². The van der Waals surface area contributed by atoms with Crippen LogP contribution in [0.4, 0.5) is 0 Å². The quantitative estimate of drug-likeness (QED) is 0.852. The van der Waals surface area contributed by atoms with E-state index in [4.69, 9.17) is 11.6 Å². The normalized spacial score (nSPS) is 16.8. The maximum atomic E-state index is 12.5. The summed E-state index contributed by atoms with van der Waals surface area (Å²) in [6.07, 6.45) is 1.61. The minimum absolute atomic E-state index is 0.0254. The number of nitrogens with one attached hydrogen (secondary N) is 1. The number of halogens is 1. The van der Waals surface area contributed by atoms with Crippen LogP contribution in [0.15, 0.2) is 24.5 Å². The third-order valence-corrected chi connectivity index (χ3v) is 4.07. The van der Waals surface area contributed by atoms with Gasteiger partial charge in [-0.15, -0.1) is 11.6 Å². The number of carbonyl (C=O) groups is 2. The molecule has 6 nitrogen and oxygen atoms in total. The summed E-state index contributed by atoms with van der Waals surface area (Å²) in [5, 5.41) is -0.523. The molecule has 22 heavy (non-hydrogen) atoms. The SMILES string of the molecule is CC(Cl)C(=O)N1CCN(C(=O)c2ccc3nc[nH]c3c2)CC1. The number of hydrogen-bond donors (Lipinski definition) is 1. The van der Waals surface area contributed by atoms with Crippen LogP contribution >= 0.6 is 11.6 Å². The highest BCUT2D eigenvalue weighted by atomic mass is 35.5. The number of alkyl halides is 1. The van der Waals surface area contributed by atoms with Crippen molar-refractivity contribution in [3.8, 4) is 0 Å². The Balaban J connectivity index is 1.68. The molecule has 1 aromatic carbocycles. The van der Waals surface area contributed by atoms with Gasteiger partial charge in [-0.2, -0.15) is 0 Å². The molecule has 2 aromatic rings. The lowest BCUT2D eigenvalue weighted by atomic mass is 10.1. The van der Waals surface area contributed by atoms with Crippen LogP contribution in [0.5, 0.6) is 0 Å². The third-order valence-electron chi connectivity index (χ3n) is 3.89. The smallest absolute Gasteiger partial charge is 0.254 e. The van der Waals surface area contributed by atoms with E-state index >= 15 is 0 Å². The molecule has 1 aliphatic rings. The summed E-state index contributed by atoms with van der Waals surface area (Å²) >= 11 is 5.82. The molecule has 0 saturated carbocycles. The molecule has 2 amide bonds. The minimum Gasteiger partial charge on any atom is -0.345 e. The molecule has 0 bridgehead atoms. The molecule has 1 aromatic heterocycles. The van der Waals surface area contributed by atoms with Gasteiger partial charge in [0.2, 0.25) is 5.91 Å². The summed E-state index contributed by atoms with van der Waals surface area (Å²) in [7, 11) is 0. The third kappa shape index (κ3) is 2.78. The van der Waals surface area contributed by atoms with Gasteiger partial charge < -0.3 is 14.8 Å². The van der Waals surface area contributed by atoms with Crippen molar-refractivity contribution in [1.82, 2.24) is 19.8 Å². The topological polar surface area (TPSA) is 69.3 Å². The maximum Gasteiger partial charge on any atom is 0.254 e. The average molecular weight is 321 g/mol. The van der Waals surface area contributed by atoms with E-state index in [9.17, 15) is 9.59 Å². The molecule has 0 spiro atoms. The minimum atomic E-state index is -0.523. The van der Waals surface area contributed by atoms with Crippen molar-refractivity contribution in [3.63, 3.8) is 0 Å². The monoisotopic (exact) mass is 320 g/mol. The second kappa shape index (κ2) is 5.96. The first-order valence-electron chi connectivity index (χ1n) is 7.21. The Morgan fingerprint density at radius 1 is 1.23 bits per heavy atom. The molecule has 1 unspecified atom stereocenters. The zero-order valence-corrected chi connectivity index (χ0v) is 13.0. The van der Waals surface area contributed by atoms with Crippen LogP contribution in [0.1, 0.15) is 17.3 Å². The number of piperazine rings is 1. The van der Waals surface area contributed by atoms with E-state index in [1.165, 1.54) is 0 Å². The van der Waals surface area contributed by atoms with Gasteiger partial charge >= 0.3 is 0 Å². The van der Waals surface area contributed by atoms with Crippen molar-refractivity contribution in [2.24, 2.45) is 0 Å². The first-order chi connectivity index (χ1) is 10.6. The predicted molar refractivity (Wildman–Crippen MR) is 83.9 cm³/mol. The highest BCUT2D eigenvalue weighted by Crippen LogP contribution is 2.15. The largest absolute Gasteiger partial charge is 0.345 e. The van der Waals surface area contributed by atoms with Crippen molar-refractivity contribution in [1.29, 1.82) is 0 Å². The number of carbonyl (C=O) groups excluding carboxylic acids is 2. The molecule has 116 valence electrons. The van der Waals surface area contributed by atoms with Gasteiger partial charge in [0, 0.05) is 31.7 Å². The Bertz CT molecular complexity index is 704. The molecule has 1 fully saturated rings. The van der Waals surface area contributed by atoms with Gasteiger partial charge in [-0.3, -0.25) is 9.59 Å². The Hall–Kier alpha value is -2.08. The Morgan fingerprint density at radius 3 is 2.59 bits per heavy atom. The highest BCUT2D eigenvalue weighted by Gasteiger charge is 2.26. The van der Waals surface area contributed by atoms with E-state index < -0.39 is 5.38 Å². The molecule has 1 saturated heterocycles. The van der Waals surface area contributed by atoms with Crippen LogP contribution in [-0.4, -0.2) is 63.1 Å². The van der Waals surface area contributed by atoms with Gasteiger partial charge in [-0.1, -0.05) is 0 Å². The first kappa shape index (κ1) is 14.8. The summed E-state index contributed by atoms with van der Waals surface area (Å²) < 4.78 is 0. The molecule has 1 atom stereocenters. The summed E-state index contributed by atoms with van der Waals surface area (Å²) in [6, 6.07) is 5.42. The van der Waals surface area contributed by atoms with E-state index in [0.717, 1.165) is 11.0 Å². The van der Waals surface area contributed by atoms with E-state index in [1.54, 1.807) is 29.1 Å². The van der Waals surface area contributed by atoms with Crippen molar-refractivity contribution >= 4 is 34.4 Å². The van der Waals surface area contributed by atoms with E-state index in [-0.39, 0.29) is 11.8 Å². The molecular weight excluding hydrogens is 304 g/mol. The standard InChI is InChI=1S/C15H17ClN4O2/c1-10(16)14(21)19-4-6-20(7-5-19)15(22)11-2-3-12-13(8-11)18-9-17-12/h2-3,8-10H,4-7H2,1H3,(H,17,18). The number of aromatic nitrogens is 2. The number of aromatic amines is 1. The average Bonchev–Trinajstić information content (AvgIpc) is 3.01. The fraction of sp³-hybridized carbons (Fsp3) is 0.400. The molecule has 7 heteroatoms. The van der Waals surface area contributed by atoms with Crippen LogP contribution in [0.2, 0.25) is 0 Å². The van der Waals surface area contributed by atoms with Crippen molar-refractivity contribution in [2.45, 2.75) is 12.3 Å². The van der Waals surface area contributed by atoms with E-state index in [0.29, 0.717) is 31.7 Å². The van der Waals surface area contributed by atoms with Gasteiger partial charge in [0.05, 0.1) is 17.4 Å². The number of H-pyrrole nitrogens is 1. The van der Waals surface area contributed by atoms with Crippen LogP contribution in [0.25, 0.3) is 11.0 Å². The molecular formula is C15H17ClN4O2. The number of hydrogen-bond acceptors (Lipinski definition) is 3. The molecule has 0 aliphatic carbocycles. The van der Waals surface area contributed by atoms with Crippen molar-refractivity contribution in [3.05, 3.63) is 30.1 Å². The lowest BCUT2D eigenvalue weighted by molar-refractivity contribution is -0.131. The Morgan fingerprint density at radius 2 is 1.91 bits per heavy atom. The molecule has 1 aliphatic heterocycles. The summed E-state index contributed by atoms with van der Waals surface area (Å²) in [6.45, 7) is 3.76. The fourth-order valence-electron chi connectivity index (χ4n) is 2.63. The second-order valence-corrected chi connectivity index (χ2v) is 6.02. The van der Waals surface area contributed by atoms with Gasteiger partial charge in [0.15, 0.2) is 0 Å². The van der Waals surface area contributed by atoms with Gasteiger partial charge in [0.25, 0.3) is 5.91 Å². The number of amides is 2. The number of rotatable bonds is 2. The number of nitrogens with zero attached hydrogens (tertiary/aromatic N) is 3. The van der Waals surface area contributed by atoms with Crippen molar-refractivity contribution in [2.75, 3.05) is 26.2 Å². The lowest BCUT2D eigenvalue weighted by Crippen LogP contribution is -2.52. The Kier molecular flexibility index (Phi) is 4.02. The van der Waals surface area contributed by atoms with Crippen LogP contribution in [0.3, 0.4) is 0 Å². The van der Waals surface area contributed by atoms with Gasteiger partial charge in [-0.05, 0) is 25.1 Å². The highest BCUT2D eigenvalue weighted by molar-refractivity contribution is 6.30. The lowest BCUT2D eigenvalue weighted by Gasteiger charge is -2.35. The molecule has 3 rings (SSSR count). The van der Waals surface area contributed by atoms with Crippen LogP contribution < -0.4 is 0 Å². The van der Waals surface area contributed by atoms with Crippen LogP contribution in [-0.2, 0) is 4.79 Å². The van der Waals surface area contributed by atoms with Gasteiger partial charge in [0.1, 0.15) is 5.38 Å². The first-order valence-corrected chi connectivity index (χ1v) is 7.65. The number of fused-ring (bicyclic) bond motifs is 1. The van der Waals surface area contributed by atoms with Gasteiger partial charge in [-0.25, -0.2) is 4.98 Å². The molecule has 1 N–H and O–H groups in total. The number of imidazole rings is 1. The van der Waals surface area contributed by atoms with E-state index in [1.807, 2.05) is 12.1 Å². The van der Waals surface area contributed by atoms with Crippen LogP contribution in [0, 0.1) is 0 Å². The second-order valence-electron chi connectivity index (χ2n) is 5.37.